The van der Waals surface area contributed by atoms with E-state index in [9.17, 15) is 0 Å². The smallest absolute Gasteiger partial charge is 0.0367 e. The van der Waals surface area contributed by atoms with Crippen LogP contribution in [0.2, 0.25) is 0 Å². The molecule has 0 bridgehead atoms. The first kappa shape index (κ1) is 10.3. The maximum atomic E-state index is 3.50. The predicted molar refractivity (Wildman–Crippen MR) is 66.6 cm³/mol. The Balaban J connectivity index is 2.01. The molecule has 0 atom stereocenters. The van der Waals surface area contributed by atoms with Crippen molar-refractivity contribution >= 4 is 11.4 Å². The van der Waals surface area contributed by atoms with Crippen LogP contribution in [-0.4, -0.2) is 19.1 Å². The van der Waals surface area contributed by atoms with E-state index in [0.717, 1.165) is 19.1 Å². The van der Waals surface area contributed by atoms with E-state index in [2.05, 4.69) is 48.3 Å². The Morgan fingerprint density at radius 2 is 1.73 bits per heavy atom. The molecule has 1 fully saturated rings. The standard InChI is InChI=1S/C13H20N2/c1-3-15(4-2)13-9-7-12(8-10-13)14-11-5-6-11/h7-11,14H,3-6H2,1-2H3. The highest BCUT2D eigenvalue weighted by Crippen LogP contribution is 2.25. The summed E-state index contributed by atoms with van der Waals surface area (Å²) in [6.07, 6.45) is 2.66. The zero-order chi connectivity index (χ0) is 10.7. The Hall–Kier alpha value is -1.18. The molecule has 1 aliphatic rings. The second-order valence-electron chi connectivity index (χ2n) is 4.14. The van der Waals surface area contributed by atoms with Crippen molar-refractivity contribution in [2.75, 3.05) is 23.3 Å². The minimum atomic E-state index is 0.740. The number of nitrogens with one attached hydrogen (secondary N) is 1. The molecule has 82 valence electrons. The molecule has 1 aromatic carbocycles. The molecule has 2 rings (SSSR count). The third-order valence-electron chi connectivity index (χ3n) is 2.94. The first-order chi connectivity index (χ1) is 7.33. The lowest BCUT2D eigenvalue weighted by atomic mass is 10.2. The summed E-state index contributed by atoms with van der Waals surface area (Å²) in [6, 6.07) is 9.53. The lowest BCUT2D eigenvalue weighted by Gasteiger charge is -2.21. The van der Waals surface area contributed by atoms with Crippen LogP contribution in [0.5, 0.6) is 0 Å². The Bertz CT molecular complexity index is 297. The van der Waals surface area contributed by atoms with E-state index in [1.54, 1.807) is 0 Å². The van der Waals surface area contributed by atoms with Gasteiger partial charge in [0.25, 0.3) is 0 Å². The van der Waals surface area contributed by atoms with Crippen LogP contribution in [0.25, 0.3) is 0 Å². The molecule has 0 aliphatic heterocycles. The zero-order valence-electron chi connectivity index (χ0n) is 9.66. The van der Waals surface area contributed by atoms with Crippen molar-refractivity contribution < 1.29 is 0 Å². The summed E-state index contributed by atoms with van der Waals surface area (Å²) in [7, 11) is 0. The van der Waals surface area contributed by atoms with Gasteiger partial charge in [-0.15, -0.1) is 0 Å². The minimum Gasteiger partial charge on any atom is -0.382 e. The average molecular weight is 204 g/mol. The van der Waals surface area contributed by atoms with Crippen molar-refractivity contribution in [3.63, 3.8) is 0 Å². The monoisotopic (exact) mass is 204 g/mol. The van der Waals surface area contributed by atoms with Gasteiger partial charge in [0, 0.05) is 30.5 Å². The fourth-order valence-electron chi connectivity index (χ4n) is 1.82. The molecule has 15 heavy (non-hydrogen) atoms. The molecule has 0 spiro atoms. The minimum absolute atomic E-state index is 0.740. The lowest BCUT2D eigenvalue weighted by Crippen LogP contribution is -2.21. The van der Waals surface area contributed by atoms with Gasteiger partial charge in [-0.3, -0.25) is 0 Å². The fourth-order valence-corrected chi connectivity index (χ4v) is 1.82. The first-order valence-electron chi connectivity index (χ1n) is 5.95. The predicted octanol–water partition coefficient (Wildman–Crippen LogP) is 3.11. The number of hydrogen-bond acceptors (Lipinski definition) is 2. The Kier molecular flexibility index (Phi) is 3.14. The molecule has 1 N–H and O–H groups in total. The SMILES string of the molecule is CCN(CC)c1ccc(NC2CC2)cc1. The number of nitrogens with zero attached hydrogens (tertiary/aromatic N) is 1. The van der Waals surface area contributed by atoms with E-state index in [1.165, 1.54) is 24.2 Å². The van der Waals surface area contributed by atoms with E-state index in [0.29, 0.717) is 0 Å². The Morgan fingerprint density at radius 1 is 1.13 bits per heavy atom. The van der Waals surface area contributed by atoms with Crippen LogP contribution >= 0.6 is 0 Å². The molecule has 0 unspecified atom stereocenters. The van der Waals surface area contributed by atoms with E-state index in [4.69, 9.17) is 0 Å². The maximum Gasteiger partial charge on any atom is 0.0367 e. The molecule has 1 aromatic rings. The zero-order valence-corrected chi connectivity index (χ0v) is 9.66. The van der Waals surface area contributed by atoms with Crippen molar-refractivity contribution in [1.29, 1.82) is 0 Å². The van der Waals surface area contributed by atoms with E-state index in [-0.39, 0.29) is 0 Å². The van der Waals surface area contributed by atoms with Crippen molar-refractivity contribution in [2.45, 2.75) is 32.7 Å². The van der Waals surface area contributed by atoms with Crippen LogP contribution in [0, 0.1) is 0 Å². The summed E-state index contributed by atoms with van der Waals surface area (Å²) >= 11 is 0. The van der Waals surface area contributed by atoms with Crippen molar-refractivity contribution in [3.8, 4) is 0 Å². The summed E-state index contributed by atoms with van der Waals surface area (Å²) in [5.74, 6) is 0. The normalized spacial score (nSPS) is 15.1. The van der Waals surface area contributed by atoms with Crippen LogP contribution in [0.3, 0.4) is 0 Å². The van der Waals surface area contributed by atoms with Gasteiger partial charge < -0.3 is 10.2 Å². The van der Waals surface area contributed by atoms with E-state index < -0.39 is 0 Å². The second kappa shape index (κ2) is 4.56. The molecular formula is C13H20N2. The molecule has 0 aromatic heterocycles. The number of hydrogen-bond donors (Lipinski definition) is 1. The van der Waals surface area contributed by atoms with Crippen LogP contribution in [0.15, 0.2) is 24.3 Å². The summed E-state index contributed by atoms with van der Waals surface area (Å²) < 4.78 is 0. The average Bonchev–Trinajstić information content (AvgIpc) is 3.06. The van der Waals surface area contributed by atoms with Crippen LogP contribution < -0.4 is 10.2 Å². The highest BCUT2D eigenvalue weighted by Gasteiger charge is 2.20. The third-order valence-corrected chi connectivity index (χ3v) is 2.94. The van der Waals surface area contributed by atoms with Gasteiger partial charge in [-0.1, -0.05) is 0 Å². The van der Waals surface area contributed by atoms with Gasteiger partial charge in [0.15, 0.2) is 0 Å². The Morgan fingerprint density at radius 3 is 2.20 bits per heavy atom. The van der Waals surface area contributed by atoms with Gasteiger partial charge in [-0.05, 0) is 51.0 Å². The molecule has 2 nitrogen and oxygen atoms in total. The van der Waals surface area contributed by atoms with E-state index in [1.807, 2.05) is 0 Å². The first-order valence-corrected chi connectivity index (χ1v) is 5.95. The van der Waals surface area contributed by atoms with Gasteiger partial charge in [-0.2, -0.15) is 0 Å². The molecule has 0 saturated heterocycles. The van der Waals surface area contributed by atoms with Crippen molar-refractivity contribution in [2.24, 2.45) is 0 Å². The molecule has 2 heteroatoms. The number of benzene rings is 1. The molecular weight excluding hydrogens is 184 g/mol. The highest BCUT2D eigenvalue weighted by molar-refractivity contribution is 5.55. The second-order valence-corrected chi connectivity index (χ2v) is 4.14. The fraction of sp³-hybridized carbons (Fsp3) is 0.538. The molecule has 0 heterocycles. The molecule has 0 radical (unpaired) electrons. The summed E-state index contributed by atoms with van der Waals surface area (Å²) in [5.41, 5.74) is 2.58. The van der Waals surface area contributed by atoms with Gasteiger partial charge >= 0.3 is 0 Å². The third kappa shape index (κ3) is 2.65. The summed E-state index contributed by atoms with van der Waals surface area (Å²) in [5, 5.41) is 3.50. The van der Waals surface area contributed by atoms with Crippen LogP contribution in [0.4, 0.5) is 11.4 Å². The quantitative estimate of drug-likeness (QED) is 0.792. The molecule has 0 amide bonds. The van der Waals surface area contributed by atoms with Gasteiger partial charge in [-0.25, -0.2) is 0 Å². The van der Waals surface area contributed by atoms with Gasteiger partial charge in [0.05, 0.1) is 0 Å². The van der Waals surface area contributed by atoms with Crippen LogP contribution in [0.1, 0.15) is 26.7 Å². The Labute approximate surface area is 92.3 Å². The number of anilines is 2. The van der Waals surface area contributed by atoms with Gasteiger partial charge in [0.2, 0.25) is 0 Å². The summed E-state index contributed by atoms with van der Waals surface area (Å²) in [6.45, 7) is 6.54. The van der Waals surface area contributed by atoms with Crippen molar-refractivity contribution in [1.82, 2.24) is 0 Å². The topological polar surface area (TPSA) is 15.3 Å². The largest absolute Gasteiger partial charge is 0.382 e. The van der Waals surface area contributed by atoms with Crippen molar-refractivity contribution in [3.05, 3.63) is 24.3 Å². The van der Waals surface area contributed by atoms with Gasteiger partial charge in [0.1, 0.15) is 0 Å². The lowest BCUT2D eigenvalue weighted by molar-refractivity contribution is 0.866. The number of rotatable bonds is 5. The maximum absolute atomic E-state index is 3.50. The molecule has 1 saturated carbocycles. The van der Waals surface area contributed by atoms with Crippen LogP contribution in [-0.2, 0) is 0 Å². The molecule has 1 aliphatic carbocycles. The van der Waals surface area contributed by atoms with E-state index >= 15 is 0 Å². The summed E-state index contributed by atoms with van der Waals surface area (Å²) in [4.78, 5) is 2.36. The highest BCUT2D eigenvalue weighted by atomic mass is 15.1.